The van der Waals surface area contributed by atoms with Crippen molar-refractivity contribution in [3.8, 4) is 0 Å². The highest BCUT2D eigenvalue weighted by molar-refractivity contribution is 6.35. The average Bonchev–Trinajstić information content (AvgIpc) is 2.97. The second-order valence-electron chi connectivity index (χ2n) is 8.29. The molecule has 0 aliphatic carbocycles. The summed E-state index contributed by atoms with van der Waals surface area (Å²) in [7, 11) is 0. The fourth-order valence-electron chi connectivity index (χ4n) is 3.65. The Kier molecular flexibility index (Phi) is 10.6. The molecule has 198 valence electrons. The molecule has 3 aromatic heterocycles. The smallest absolute Gasteiger partial charge is 0.123 e. The molecule has 6 aromatic rings. The zero-order chi connectivity index (χ0) is 27.8. The van der Waals surface area contributed by atoms with Gasteiger partial charge in [-0.3, -0.25) is 9.97 Å². The largest absolute Gasteiger partial charge is 0.252 e. The van der Waals surface area contributed by atoms with E-state index < -0.39 is 0 Å². The summed E-state index contributed by atoms with van der Waals surface area (Å²) in [5, 5.41) is 4.30. The molecule has 3 nitrogen and oxygen atoms in total. The van der Waals surface area contributed by atoms with Gasteiger partial charge in [0.1, 0.15) is 5.82 Å². The molecule has 0 saturated heterocycles. The molecule has 0 atom stereocenters. The predicted molar refractivity (Wildman–Crippen MR) is 164 cm³/mol. The summed E-state index contributed by atoms with van der Waals surface area (Å²) in [5.41, 5.74) is 5.02. The van der Waals surface area contributed by atoms with Gasteiger partial charge in [0.2, 0.25) is 0 Å². The number of rotatable bonds is 3. The Balaban J connectivity index is 0.000000136. The van der Waals surface area contributed by atoms with Crippen LogP contribution < -0.4 is 0 Å². The number of fused-ring (bicyclic) bond motifs is 3. The average molecular weight is 620 g/mol. The number of alkyl halides is 3. The number of benzene rings is 3. The Hall–Kier alpha value is -2.73. The van der Waals surface area contributed by atoms with Crippen LogP contribution in [0.1, 0.15) is 17.1 Å². The van der Waals surface area contributed by atoms with E-state index in [0.717, 1.165) is 49.8 Å². The van der Waals surface area contributed by atoms with Crippen molar-refractivity contribution in [3.63, 3.8) is 0 Å². The first-order valence-electron chi connectivity index (χ1n) is 11.7. The molecule has 3 heterocycles. The van der Waals surface area contributed by atoms with E-state index in [1.54, 1.807) is 12.1 Å². The van der Waals surface area contributed by atoms with E-state index in [9.17, 15) is 4.39 Å². The molecule has 6 rings (SSSR count). The van der Waals surface area contributed by atoms with Gasteiger partial charge in [0.15, 0.2) is 0 Å². The number of hydrogen-bond acceptors (Lipinski definition) is 3. The topological polar surface area (TPSA) is 38.7 Å². The van der Waals surface area contributed by atoms with Gasteiger partial charge in [-0.25, -0.2) is 9.37 Å². The highest BCUT2D eigenvalue weighted by atomic mass is 35.5. The van der Waals surface area contributed by atoms with Crippen LogP contribution in [0.5, 0.6) is 0 Å². The Morgan fingerprint density at radius 3 is 1.82 bits per heavy atom. The first-order valence-corrected chi connectivity index (χ1v) is 14.1. The molecule has 0 radical (unpaired) electrons. The van der Waals surface area contributed by atoms with Crippen LogP contribution in [0, 0.1) is 5.82 Å². The normalized spacial score (nSPS) is 10.6. The van der Waals surface area contributed by atoms with Gasteiger partial charge >= 0.3 is 0 Å². The number of para-hydroxylation sites is 1. The Morgan fingerprint density at radius 1 is 0.538 bits per heavy atom. The van der Waals surface area contributed by atoms with E-state index in [2.05, 4.69) is 15.0 Å². The second-order valence-corrected chi connectivity index (χ2v) is 9.94. The van der Waals surface area contributed by atoms with E-state index in [-0.39, 0.29) is 5.82 Å². The van der Waals surface area contributed by atoms with Crippen molar-refractivity contribution in [3.05, 3.63) is 124 Å². The molecular formula is C30H21Cl5FN3. The Bertz CT molecular complexity index is 1720. The third-order valence-corrected chi connectivity index (χ3v) is 6.92. The molecule has 3 aromatic carbocycles. The van der Waals surface area contributed by atoms with Crippen molar-refractivity contribution in [2.45, 2.75) is 17.6 Å². The van der Waals surface area contributed by atoms with E-state index >= 15 is 0 Å². The lowest BCUT2D eigenvalue weighted by Crippen LogP contribution is -1.86. The van der Waals surface area contributed by atoms with E-state index in [1.165, 1.54) is 12.1 Å². The fraction of sp³-hybridized carbons (Fsp3) is 0.100. The summed E-state index contributed by atoms with van der Waals surface area (Å²) in [6.45, 7) is 0. The highest BCUT2D eigenvalue weighted by Gasteiger charge is 2.01. The van der Waals surface area contributed by atoms with Gasteiger partial charge in [0, 0.05) is 21.2 Å². The third kappa shape index (κ3) is 7.91. The van der Waals surface area contributed by atoms with Crippen molar-refractivity contribution in [2.24, 2.45) is 0 Å². The molecule has 0 fully saturated rings. The van der Waals surface area contributed by atoms with Gasteiger partial charge in [-0.1, -0.05) is 59.6 Å². The van der Waals surface area contributed by atoms with Crippen molar-refractivity contribution in [2.75, 3.05) is 0 Å². The maximum Gasteiger partial charge on any atom is 0.123 e. The third-order valence-electron chi connectivity index (χ3n) is 5.56. The zero-order valence-corrected chi connectivity index (χ0v) is 24.2. The molecule has 0 N–H and O–H groups in total. The molecular weight excluding hydrogens is 599 g/mol. The lowest BCUT2D eigenvalue weighted by atomic mass is 10.2. The molecule has 0 saturated carbocycles. The minimum absolute atomic E-state index is 0.243. The number of aromatic nitrogens is 3. The molecule has 9 heteroatoms. The lowest BCUT2D eigenvalue weighted by Gasteiger charge is -2.00. The van der Waals surface area contributed by atoms with Gasteiger partial charge in [0.25, 0.3) is 0 Å². The van der Waals surface area contributed by atoms with Crippen LogP contribution in [0.15, 0.2) is 91.0 Å². The van der Waals surface area contributed by atoms with Gasteiger partial charge in [-0.2, -0.15) is 0 Å². The molecule has 0 unspecified atom stereocenters. The first kappa shape index (κ1) is 29.3. The molecule has 39 heavy (non-hydrogen) atoms. The number of pyridine rings is 3. The van der Waals surface area contributed by atoms with Crippen LogP contribution in [-0.4, -0.2) is 15.0 Å². The Labute approximate surface area is 250 Å². The zero-order valence-electron chi connectivity index (χ0n) is 20.4. The van der Waals surface area contributed by atoms with Gasteiger partial charge in [-0.15, -0.1) is 34.8 Å². The van der Waals surface area contributed by atoms with Crippen LogP contribution in [-0.2, 0) is 17.6 Å². The van der Waals surface area contributed by atoms with Crippen molar-refractivity contribution >= 4 is 90.7 Å². The lowest BCUT2D eigenvalue weighted by molar-refractivity contribution is 0.629. The highest BCUT2D eigenvalue weighted by Crippen LogP contribution is 2.22. The van der Waals surface area contributed by atoms with E-state index in [0.29, 0.717) is 27.7 Å². The second kappa shape index (κ2) is 14.1. The van der Waals surface area contributed by atoms with E-state index in [4.69, 9.17) is 58.0 Å². The quantitative estimate of drug-likeness (QED) is 0.185. The maximum absolute atomic E-state index is 12.8. The molecule has 0 bridgehead atoms. The predicted octanol–water partition coefficient (Wildman–Crippen LogP) is 10.4. The summed E-state index contributed by atoms with van der Waals surface area (Å²) >= 11 is 28.8. The summed E-state index contributed by atoms with van der Waals surface area (Å²) in [6.07, 6.45) is 0. The van der Waals surface area contributed by atoms with Crippen molar-refractivity contribution < 1.29 is 4.39 Å². The van der Waals surface area contributed by atoms with Crippen LogP contribution in [0.3, 0.4) is 0 Å². The van der Waals surface area contributed by atoms with Crippen LogP contribution in [0.25, 0.3) is 32.7 Å². The molecule has 0 amide bonds. The van der Waals surface area contributed by atoms with Crippen molar-refractivity contribution in [1.29, 1.82) is 0 Å². The monoisotopic (exact) mass is 617 g/mol. The number of halogens is 6. The van der Waals surface area contributed by atoms with Crippen molar-refractivity contribution in [1.82, 2.24) is 15.0 Å². The van der Waals surface area contributed by atoms with Crippen LogP contribution in [0.4, 0.5) is 4.39 Å². The van der Waals surface area contributed by atoms with E-state index in [1.807, 2.05) is 66.7 Å². The summed E-state index contributed by atoms with van der Waals surface area (Å²) in [5.74, 6) is 0.990. The van der Waals surface area contributed by atoms with Gasteiger partial charge in [-0.05, 0) is 54.6 Å². The minimum atomic E-state index is -0.243. The molecule has 0 spiro atoms. The van der Waals surface area contributed by atoms with Gasteiger partial charge in [0.05, 0.1) is 56.3 Å². The minimum Gasteiger partial charge on any atom is -0.252 e. The van der Waals surface area contributed by atoms with Gasteiger partial charge < -0.3 is 0 Å². The summed E-state index contributed by atoms with van der Waals surface area (Å²) in [6, 6.07) is 27.3. The van der Waals surface area contributed by atoms with Crippen LogP contribution in [0.2, 0.25) is 10.0 Å². The molecule has 0 aliphatic rings. The summed E-state index contributed by atoms with van der Waals surface area (Å²) < 4.78 is 12.8. The SMILES string of the molecule is ClCc1ccc2ccc(Cl)cc2n1.ClCc1ccc2cccc(Cl)c2n1.Fc1ccc2nc(CCl)ccc2c1. The number of nitrogens with zero attached hydrogens (tertiary/aromatic N) is 3. The maximum atomic E-state index is 12.8. The number of hydrogen-bond donors (Lipinski definition) is 0. The van der Waals surface area contributed by atoms with Crippen LogP contribution >= 0.6 is 58.0 Å². The molecule has 0 aliphatic heterocycles. The standard InChI is InChI=1S/2C10H7Cl2N.C10H7ClFN/c11-6-9-4-2-7-1-3-8(12)5-10(7)13-9;11-6-8-5-4-7-2-1-3-9(12)10(7)13-8;11-6-9-3-1-7-5-8(12)2-4-10(7)13-9/h3*1-5H,6H2. The fourth-order valence-corrected chi connectivity index (χ4v) is 4.48. The first-order chi connectivity index (χ1) is 18.9. The summed E-state index contributed by atoms with van der Waals surface area (Å²) in [4.78, 5) is 12.9. The Morgan fingerprint density at radius 2 is 1.13 bits per heavy atom.